The SMILES string of the molecule is CC(C)(CS(=O)(=O)c1ccc(Oc2ccccc2)cc1)[C@H](N)C(N)=O. The van der Waals surface area contributed by atoms with Crippen LogP contribution in [-0.4, -0.2) is 26.1 Å². The molecule has 2 aromatic carbocycles. The lowest BCUT2D eigenvalue weighted by Gasteiger charge is -2.28. The maximum Gasteiger partial charge on any atom is 0.234 e. The minimum absolute atomic E-state index is 0.137. The highest BCUT2D eigenvalue weighted by atomic mass is 32.2. The first-order valence-corrected chi connectivity index (χ1v) is 9.38. The normalized spacial score (nSPS) is 13.2. The van der Waals surface area contributed by atoms with Gasteiger partial charge in [-0.05, 0) is 36.4 Å². The lowest BCUT2D eigenvalue weighted by molar-refractivity contribution is -0.121. The van der Waals surface area contributed by atoms with E-state index in [4.69, 9.17) is 16.2 Å². The molecule has 0 aromatic heterocycles. The highest BCUT2D eigenvalue weighted by molar-refractivity contribution is 7.91. The molecule has 0 heterocycles. The van der Waals surface area contributed by atoms with Crippen LogP contribution >= 0.6 is 0 Å². The first-order chi connectivity index (χ1) is 11.6. The second kappa shape index (κ2) is 7.25. The highest BCUT2D eigenvalue weighted by Crippen LogP contribution is 2.27. The van der Waals surface area contributed by atoms with Crippen LogP contribution in [0.4, 0.5) is 0 Å². The van der Waals surface area contributed by atoms with Crippen molar-refractivity contribution in [2.45, 2.75) is 24.8 Å². The van der Waals surface area contributed by atoms with Gasteiger partial charge in [-0.3, -0.25) is 4.79 Å². The quantitative estimate of drug-likeness (QED) is 0.783. The average molecular weight is 362 g/mol. The summed E-state index contributed by atoms with van der Waals surface area (Å²) < 4.78 is 30.8. The van der Waals surface area contributed by atoms with Crippen LogP contribution in [0.25, 0.3) is 0 Å². The molecule has 0 aliphatic heterocycles. The molecule has 0 bridgehead atoms. The number of benzene rings is 2. The van der Waals surface area contributed by atoms with E-state index in [1.807, 2.05) is 18.2 Å². The summed E-state index contributed by atoms with van der Waals surface area (Å²) in [5.74, 6) is 0.167. The van der Waals surface area contributed by atoms with Crippen LogP contribution in [0.5, 0.6) is 11.5 Å². The number of carbonyl (C=O) groups excluding carboxylic acids is 1. The third-order valence-electron chi connectivity index (χ3n) is 3.87. The minimum atomic E-state index is -3.63. The topological polar surface area (TPSA) is 112 Å². The summed E-state index contributed by atoms with van der Waals surface area (Å²) in [6.07, 6.45) is 0. The van der Waals surface area contributed by atoms with Gasteiger partial charge in [0, 0.05) is 5.41 Å². The zero-order valence-electron chi connectivity index (χ0n) is 14.2. The third-order valence-corrected chi connectivity index (χ3v) is 5.99. The molecule has 7 heteroatoms. The van der Waals surface area contributed by atoms with Gasteiger partial charge in [0.25, 0.3) is 0 Å². The Labute approximate surface area is 147 Å². The molecule has 0 fully saturated rings. The van der Waals surface area contributed by atoms with Gasteiger partial charge < -0.3 is 16.2 Å². The van der Waals surface area contributed by atoms with Crippen molar-refractivity contribution >= 4 is 15.7 Å². The van der Waals surface area contributed by atoms with E-state index in [-0.39, 0.29) is 10.6 Å². The van der Waals surface area contributed by atoms with Gasteiger partial charge in [-0.15, -0.1) is 0 Å². The van der Waals surface area contributed by atoms with E-state index in [9.17, 15) is 13.2 Å². The standard InChI is InChI=1S/C18H22N2O4S/c1-18(2,16(19)17(20)21)12-25(22,23)15-10-8-14(9-11-15)24-13-6-4-3-5-7-13/h3-11,16H,12,19H2,1-2H3,(H2,20,21)/t16-/m1/s1. The Morgan fingerprint density at radius 3 is 2.08 bits per heavy atom. The summed E-state index contributed by atoms with van der Waals surface area (Å²) in [7, 11) is -3.63. The molecular formula is C18H22N2O4S. The molecule has 25 heavy (non-hydrogen) atoms. The van der Waals surface area contributed by atoms with Crippen molar-refractivity contribution in [2.75, 3.05) is 5.75 Å². The fraction of sp³-hybridized carbons (Fsp3) is 0.278. The van der Waals surface area contributed by atoms with E-state index in [1.54, 1.807) is 38.1 Å². The van der Waals surface area contributed by atoms with Crippen molar-refractivity contribution in [1.29, 1.82) is 0 Å². The Hall–Kier alpha value is -2.38. The van der Waals surface area contributed by atoms with Crippen LogP contribution in [0.2, 0.25) is 0 Å². The molecule has 0 spiro atoms. The summed E-state index contributed by atoms with van der Waals surface area (Å²) in [5, 5.41) is 0. The number of para-hydroxylation sites is 1. The van der Waals surface area contributed by atoms with Crippen molar-refractivity contribution in [3.8, 4) is 11.5 Å². The van der Waals surface area contributed by atoms with Gasteiger partial charge in [0.2, 0.25) is 5.91 Å². The van der Waals surface area contributed by atoms with Crippen LogP contribution in [0.3, 0.4) is 0 Å². The van der Waals surface area contributed by atoms with Crippen LogP contribution in [-0.2, 0) is 14.6 Å². The largest absolute Gasteiger partial charge is 0.457 e. The fourth-order valence-electron chi connectivity index (χ4n) is 2.39. The molecule has 0 radical (unpaired) electrons. The number of amides is 1. The maximum absolute atomic E-state index is 12.6. The Balaban J connectivity index is 2.16. The van der Waals surface area contributed by atoms with Crippen molar-refractivity contribution in [2.24, 2.45) is 16.9 Å². The summed E-state index contributed by atoms with van der Waals surface area (Å²) >= 11 is 0. The summed E-state index contributed by atoms with van der Waals surface area (Å²) in [5.41, 5.74) is 9.95. The number of carbonyl (C=O) groups is 1. The number of ether oxygens (including phenoxy) is 1. The van der Waals surface area contributed by atoms with Gasteiger partial charge in [0.1, 0.15) is 11.5 Å². The molecule has 2 rings (SSSR count). The zero-order chi connectivity index (χ0) is 18.7. The molecular weight excluding hydrogens is 340 g/mol. The summed E-state index contributed by atoms with van der Waals surface area (Å²) in [4.78, 5) is 11.4. The first kappa shape index (κ1) is 19.0. The number of hydrogen-bond donors (Lipinski definition) is 2. The number of hydrogen-bond acceptors (Lipinski definition) is 5. The van der Waals surface area contributed by atoms with Crippen molar-refractivity contribution in [1.82, 2.24) is 0 Å². The van der Waals surface area contributed by atoms with Gasteiger partial charge in [-0.2, -0.15) is 0 Å². The van der Waals surface area contributed by atoms with Gasteiger partial charge in [0.15, 0.2) is 9.84 Å². The first-order valence-electron chi connectivity index (χ1n) is 7.72. The molecule has 0 aliphatic rings. The molecule has 2 aromatic rings. The molecule has 1 atom stereocenters. The minimum Gasteiger partial charge on any atom is -0.457 e. The van der Waals surface area contributed by atoms with E-state index < -0.39 is 27.2 Å². The van der Waals surface area contributed by atoms with Crippen molar-refractivity contribution in [3.05, 3.63) is 54.6 Å². The zero-order valence-corrected chi connectivity index (χ0v) is 15.0. The van der Waals surface area contributed by atoms with Crippen LogP contribution in [0.15, 0.2) is 59.5 Å². The van der Waals surface area contributed by atoms with E-state index in [2.05, 4.69) is 0 Å². The van der Waals surface area contributed by atoms with Gasteiger partial charge in [-0.1, -0.05) is 32.0 Å². The summed E-state index contributed by atoms with van der Waals surface area (Å²) in [6.45, 7) is 3.21. The van der Waals surface area contributed by atoms with Crippen LogP contribution in [0, 0.1) is 5.41 Å². The van der Waals surface area contributed by atoms with Crippen molar-refractivity contribution < 1.29 is 17.9 Å². The number of primary amides is 1. The van der Waals surface area contributed by atoms with Gasteiger partial charge >= 0.3 is 0 Å². The molecule has 134 valence electrons. The average Bonchev–Trinajstić information content (AvgIpc) is 2.54. The molecule has 0 saturated heterocycles. The Morgan fingerprint density at radius 1 is 1.04 bits per heavy atom. The number of rotatable bonds is 7. The lowest BCUT2D eigenvalue weighted by Crippen LogP contribution is -2.50. The van der Waals surface area contributed by atoms with Crippen LogP contribution < -0.4 is 16.2 Å². The second-order valence-corrected chi connectivity index (χ2v) is 8.50. The number of nitrogens with two attached hydrogens (primary N) is 2. The Bertz CT molecular complexity index is 831. The molecule has 0 aliphatic carbocycles. The second-order valence-electron chi connectivity index (χ2n) is 6.51. The molecule has 0 unspecified atom stereocenters. The predicted octanol–water partition coefficient (Wildman–Crippen LogP) is 2.09. The van der Waals surface area contributed by atoms with Gasteiger partial charge in [0.05, 0.1) is 16.7 Å². The number of sulfone groups is 1. The van der Waals surface area contributed by atoms with Crippen LogP contribution in [0.1, 0.15) is 13.8 Å². The molecule has 0 saturated carbocycles. The van der Waals surface area contributed by atoms with E-state index in [0.29, 0.717) is 11.5 Å². The highest BCUT2D eigenvalue weighted by Gasteiger charge is 2.36. The summed E-state index contributed by atoms with van der Waals surface area (Å²) in [6, 6.07) is 14.2. The Morgan fingerprint density at radius 2 is 1.56 bits per heavy atom. The van der Waals surface area contributed by atoms with E-state index in [0.717, 1.165) is 0 Å². The van der Waals surface area contributed by atoms with Crippen molar-refractivity contribution in [3.63, 3.8) is 0 Å². The Kier molecular flexibility index (Phi) is 5.49. The lowest BCUT2D eigenvalue weighted by atomic mass is 9.87. The van der Waals surface area contributed by atoms with E-state index >= 15 is 0 Å². The molecule has 1 amide bonds. The maximum atomic E-state index is 12.6. The molecule has 6 nitrogen and oxygen atoms in total. The van der Waals surface area contributed by atoms with Gasteiger partial charge in [-0.25, -0.2) is 8.42 Å². The fourth-order valence-corrected chi connectivity index (χ4v) is 4.26. The molecule has 4 N–H and O–H groups in total. The monoisotopic (exact) mass is 362 g/mol. The third kappa shape index (κ3) is 4.80. The smallest absolute Gasteiger partial charge is 0.234 e. The predicted molar refractivity (Wildman–Crippen MR) is 96.0 cm³/mol. The van der Waals surface area contributed by atoms with E-state index in [1.165, 1.54) is 12.1 Å².